The number of likely N-dealkylation sites (tertiary alicyclic amines) is 1. The Labute approximate surface area is 149 Å². The number of amides is 1. The van der Waals surface area contributed by atoms with Crippen LogP contribution >= 0.6 is 0 Å². The molecule has 0 aromatic heterocycles. The van der Waals surface area contributed by atoms with E-state index in [1.54, 1.807) is 0 Å². The van der Waals surface area contributed by atoms with Crippen LogP contribution in [0, 0.1) is 5.92 Å². The highest BCUT2D eigenvalue weighted by atomic mass is 16.3. The molecule has 0 radical (unpaired) electrons. The summed E-state index contributed by atoms with van der Waals surface area (Å²) < 4.78 is 0. The molecule has 0 spiro atoms. The van der Waals surface area contributed by atoms with Gasteiger partial charge in [-0.1, -0.05) is 30.3 Å². The van der Waals surface area contributed by atoms with E-state index in [2.05, 4.69) is 15.5 Å². The third kappa shape index (κ3) is 5.25. The van der Waals surface area contributed by atoms with Crippen molar-refractivity contribution >= 4 is 5.91 Å². The van der Waals surface area contributed by atoms with Gasteiger partial charge in [0.15, 0.2) is 0 Å². The Morgan fingerprint density at radius 3 is 2.64 bits per heavy atom. The summed E-state index contributed by atoms with van der Waals surface area (Å²) in [6.07, 6.45) is 1.71. The van der Waals surface area contributed by atoms with Crippen molar-refractivity contribution in [3.8, 4) is 0 Å². The number of aliphatic hydroxyl groups is 2. The van der Waals surface area contributed by atoms with Gasteiger partial charge in [-0.05, 0) is 43.8 Å². The normalized spacial score (nSPS) is 26.5. The Kier molecular flexibility index (Phi) is 6.42. The van der Waals surface area contributed by atoms with Crippen LogP contribution in [-0.4, -0.2) is 65.9 Å². The lowest BCUT2D eigenvalue weighted by molar-refractivity contribution is -0.123. The minimum atomic E-state index is -0.447. The van der Waals surface area contributed by atoms with Gasteiger partial charge in [-0.2, -0.15) is 0 Å². The molecule has 2 aliphatic rings. The van der Waals surface area contributed by atoms with E-state index < -0.39 is 12.2 Å². The minimum absolute atomic E-state index is 0.00141. The molecule has 1 aromatic carbocycles. The molecule has 1 aromatic rings. The number of hydrogen-bond acceptors (Lipinski definition) is 5. The topological polar surface area (TPSA) is 84.8 Å². The lowest BCUT2D eigenvalue weighted by Crippen LogP contribution is -2.44. The monoisotopic (exact) mass is 347 g/mol. The number of aliphatic hydroxyl groups excluding tert-OH is 2. The molecule has 3 unspecified atom stereocenters. The lowest BCUT2D eigenvalue weighted by atomic mass is 9.96. The Hall–Kier alpha value is -1.47. The van der Waals surface area contributed by atoms with Gasteiger partial charge in [-0.25, -0.2) is 0 Å². The first-order valence-corrected chi connectivity index (χ1v) is 9.26. The Morgan fingerprint density at radius 1 is 1.28 bits per heavy atom. The van der Waals surface area contributed by atoms with Gasteiger partial charge in [0.05, 0.1) is 18.2 Å². The zero-order valence-electron chi connectivity index (χ0n) is 14.6. The molecule has 2 fully saturated rings. The molecule has 4 N–H and O–H groups in total. The number of nitrogens with zero attached hydrogens (tertiary/aromatic N) is 1. The fourth-order valence-electron chi connectivity index (χ4n) is 3.68. The molecule has 25 heavy (non-hydrogen) atoms. The molecule has 6 heteroatoms. The number of β-amino-alcohol motifs (C(OH)–C–C–N with tert-alkyl or cyclic N) is 2. The summed E-state index contributed by atoms with van der Waals surface area (Å²) in [7, 11) is 0. The Morgan fingerprint density at radius 2 is 2.00 bits per heavy atom. The van der Waals surface area contributed by atoms with Gasteiger partial charge in [0.2, 0.25) is 5.91 Å². The summed E-state index contributed by atoms with van der Waals surface area (Å²) in [6, 6.07) is 9.52. The average molecular weight is 347 g/mol. The van der Waals surface area contributed by atoms with Crippen LogP contribution in [0.4, 0.5) is 0 Å². The van der Waals surface area contributed by atoms with Crippen LogP contribution in [0.3, 0.4) is 0 Å². The van der Waals surface area contributed by atoms with E-state index in [0.717, 1.165) is 31.5 Å². The van der Waals surface area contributed by atoms with Gasteiger partial charge < -0.3 is 25.7 Å². The number of rotatable bonds is 6. The van der Waals surface area contributed by atoms with Gasteiger partial charge >= 0.3 is 0 Å². The fourth-order valence-corrected chi connectivity index (χ4v) is 3.68. The number of piperidine rings is 1. The van der Waals surface area contributed by atoms with Crippen molar-refractivity contribution in [1.29, 1.82) is 0 Å². The zero-order valence-corrected chi connectivity index (χ0v) is 14.6. The smallest absolute Gasteiger partial charge is 0.237 e. The van der Waals surface area contributed by atoms with Crippen LogP contribution in [0.15, 0.2) is 30.3 Å². The molecule has 3 rings (SSSR count). The van der Waals surface area contributed by atoms with E-state index in [-0.39, 0.29) is 11.9 Å². The SMILES string of the molecule is O=C(NCC1CCN(CC(O)c2ccccc2)CC1)C1CC(O)CN1. The van der Waals surface area contributed by atoms with E-state index in [4.69, 9.17) is 0 Å². The maximum atomic E-state index is 12.1. The molecule has 138 valence electrons. The molecule has 2 heterocycles. The maximum Gasteiger partial charge on any atom is 0.237 e. The van der Waals surface area contributed by atoms with Gasteiger partial charge in [0.25, 0.3) is 0 Å². The maximum absolute atomic E-state index is 12.1. The summed E-state index contributed by atoms with van der Waals surface area (Å²) >= 11 is 0. The second kappa shape index (κ2) is 8.76. The summed E-state index contributed by atoms with van der Waals surface area (Å²) in [5.41, 5.74) is 0.961. The lowest BCUT2D eigenvalue weighted by Gasteiger charge is -2.33. The van der Waals surface area contributed by atoms with E-state index >= 15 is 0 Å². The third-order valence-corrected chi connectivity index (χ3v) is 5.31. The number of nitrogens with one attached hydrogen (secondary N) is 2. The number of benzene rings is 1. The van der Waals surface area contributed by atoms with Crippen molar-refractivity contribution < 1.29 is 15.0 Å². The van der Waals surface area contributed by atoms with Crippen LogP contribution in [0.5, 0.6) is 0 Å². The van der Waals surface area contributed by atoms with Crippen molar-refractivity contribution in [2.45, 2.75) is 37.5 Å². The summed E-state index contributed by atoms with van der Waals surface area (Å²) in [5, 5.41) is 25.9. The van der Waals surface area contributed by atoms with Crippen LogP contribution < -0.4 is 10.6 Å². The molecule has 0 saturated carbocycles. The first kappa shape index (κ1) is 18.3. The first-order valence-electron chi connectivity index (χ1n) is 9.26. The number of carbonyl (C=O) groups is 1. The largest absolute Gasteiger partial charge is 0.392 e. The van der Waals surface area contributed by atoms with Crippen LogP contribution in [-0.2, 0) is 4.79 Å². The predicted octanol–water partition coefficient (Wildman–Crippen LogP) is 0.271. The van der Waals surface area contributed by atoms with Crippen molar-refractivity contribution in [3.63, 3.8) is 0 Å². The summed E-state index contributed by atoms with van der Waals surface area (Å²) in [4.78, 5) is 14.4. The van der Waals surface area contributed by atoms with Crippen LogP contribution in [0.1, 0.15) is 30.9 Å². The quantitative estimate of drug-likeness (QED) is 0.594. The van der Waals surface area contributed by atoms with Gasteiger partial charge in [0.1, 0.15) is 0 Å². The molecular weight excluding hydrogens is 318 g/mol. The predicted molar refractivity (Wildman–Crippen MR) is 96.0 cm³/mol. The second-order valence-electron chi connectivity index (χ2n) is 7.27. The van der Waals surface area contributed by atoms with E-state index in [1.807, 2.05) is 30.3 Å². The molecule has 0 aliphatic carbocycles. The zero-order chi connectivity index (χ0) is 17.6. The molecule has 2 saturated heterocycles. The highest BCUT2D eigenvalue weighted by Gasteiger charge is 2.28. The van der Waals surface area contributed by atoms with E-state index in [9.17, 15) is 15.0 Å². The third-order valence-electron chi connectivity index (χ3n) is 5.31. The van der Waals surface area contributed by atoms with E-state index in [0.29, 0.717) is 32.0 Å². The number of carbonyl (C=O) groups excluding carboxylic acids is 1. The van der Waals surface area contributed by atoms with Crippen molar-refractivity contribution in [2.24, 2.45) is 5.92 Å². The van der Waals surface area contributed by atoms with Crippen molar-refractivity contribution in [1.82, 2.24) is 15.5 Å². The molecule has 2 aliphatic heterocycles. The standard InChI is InChI=1S/C19H29N3O3/c23-16-10-17(20-12-16)19(25)21-11-14-6-8-22(9-7-14)13-18(24)15-4-2-1-3-5-15/h1-5,14,16-18,20,23-24H,6-13H2,(H,21,25). The highest BCUT2D eigenvalue weighted by Crippen LogP contribution is 2.20. The minimum Gasteiger partial charge on any atom is -0.392 e. The fraction of sp³-hybridized carbons (Fsp3) is 0.632. The first-order chi connectivity index (χ1) is 12.1. The van der Waals surface area contributed by atoms with Gasteiger partial charge in [-0.3, -0.25) is 4.79 Å². The molecule has 1 amide bonds. The summed E-state index contributed by atoms with van der Waals surface area (Å²) in [5.74, 6) is 0.485. The van der Waals surface area contributed by atoms with Gasteiger partial charge in [-0.15, -0.1) is 0 Å². The molecule has 3 atom stereocenters. The molecule has 0 bridgehead atoms. The molecule has 6 nitrogen and oxygen atoms in total. The summed E-state index contributed by atoms with van der Waals surface area (Å²) in [6.45, 7) is 3.75. The van der Waals surface area contributed by atoms with Crippen LogP contribution in [0.25, 0.3) is 0 Å². The van der Waals surface area contributed by atoms with E-state index in [1.165, 1.54) is 0 Å². The second-order valence-corrected chi connectivity index (χ2v) is 7.27. The van der Waals surface area contributed by atoms with Crippen LogP contribution in [0.2, 0.25) is 0 Å². The highest BCUT2D eigenvalue weighted by molar-refractivity contribution is 5.82. The van der Waals surface area contributed by atoms with Crippen molar-refractivity contribution in [3.05, 3.63) is 35.9 Å². The Balaban J connectivity index is 1.35. The number of hydrogen-bond donors (Lipinski definition) is 4. The Bertz CT molecular complexity index is 546. The van der Waals surface area contributed by atoms with Crippen molar-refractivity contribution in [2.75, 3.05) is 32.7 Å². The van der Waals surface area contributed by atoms with Gasteiger partial charge in [0, 0.05) is 19.6 Å². The average Bonchev–Trinajstić information content (AvgIpc) is 3.08. The molecular formula is C19H29N3O3.